The summed E-state index contributed by atoms with van der Waals surface area (Å²) in [6.45, 7) is 4.47. The fourth-order valence-corrected chi connectivity index (χ4v) is 14.4. The maximum absolute atomic E-state index is 7.32. The summed E-state index contributed by atoms with van der Waals surface area (Å²) in [6, 6.07) is 57.5. The summed E-state index contributed by atoms with van der Waals surface area (Å²) in [5, 5.41) is 0. The highest BCUT2D eigenvalue weighted by atomic mass is 16.5. The standard InChI is InChI=1S/C60H49B2N5O/c1-4-18-38(19-5-1)65-49-30-12-10-28-45(49)61-47-36-48-51(37-50(47)66(39-20-6-2-7-21-39)58-42-25-15-33-63-32-14-24-41(55(42)63)57(65)53(58)61)67(40-22-8-3-9-23-40)59-43-26-16-34-64-35-17-27-44(56(43)64)60-54(59)62(48)46-29-11-13-31-52(46)68-60/h1-13,18-23,28-31,36-37H,14-17,24-27,32-35H2. The first kappa shape index (κ1) is 37.7. The summed E-state index contributed by atoms with van der Waals surface area (Å²) >= 11 is 0. The van der Waals surface area contributed by atoms with E-state index in [1.165, 1.54) is 124 Å². The largest absolute Gasteiger partial charge is 0.458 e. The molecule has 0 aliphatic carbocycles. The van der Waals surface area contributed by atoms with Crippen LogP contribution in [-0.2, 0) is 25.7 Å². The molecular weight excluding hydrogens is 828 g/mol. The number of nitrogens with zero attached hydrogens (tertiary/aromatic N) is 5. The lowest BCUT2D eigenvalue weighted by atomic mass is 9.30. The van der Waals surface area contributed by atoms with Gasteiger partial charge in [-0.15, -0.1) is 0 Å². The van der Waals surface area contributed by atoms with E-state index in [1.807, 2.05) is 0 Å². The third kappa shape index (κ3) is 4.95. The zero-order valence-corrected chi connectivity index (χ0v) is 38.2. The predicted octanol–water partition coefficient (Wildman–Crippen LogP) is 9.57. The van der Waals surface area contributed by atoms with Gasteiger partial charge in [0.05, 0.1) is 5.69 Å². The van der Waals surface area contributed by atoms with Crippen molar-refractivity contribution in [2.24, 2.45) is 0 Å². The Kier molecular flexibility index (Phi) is 7.83. The predicted molar refractivity (Wildman–Crippen MR) is 284 cm³/mol. The molecule has 0 radical (unpaired) electrons. The van der Waals surface area contributed by atoms with Gasteiger partial charge in [-0.2, -0.15) is 0 Å². The average Bonchev–Trinajstić information content (AvgIpc) is 3.40. The average molecular weight is 878 g/mol. The molecule has 8 aliphatic rings. The van der Waals surface area contributed by atoms with Crippen molar-refractivity contribution in [3.8, 4) is 11.5 Å². The summed E-state index contributed by atoms with van der Waals surface area (Å²) in [7, 11) is 0. The molecule has 8 aliphatic heterocycles. The summed E-state index contributed by atoms with van der Waals surface area (Å²) in [5.74, 6) is 2.10. The highest BCUT2D eigenvalue weighted by molar-refractivity contribution is 7.02. The summed E-state index contributed by atoms with van der Waals surface area (Å²) in [4.78, 5) is 13.5. The van der Waals surface area contributed by atoms with Crippen LogP contribution >= 0.6 is 0 Å². The first-order valence-electron chi connectivity index (χ1n) is 25.3. The number of ether oxygens (including phenoxy) is 1. The SMILES string of the molecule is c1ccc(N2c3cc4c(cc3B3c5ccccc5Oc5c6c7c(c2c53)CCCN7CCC6)B2c3ccccc3N(c3ccccc3)c3c5c6c(c(c32)N4c2ccccc2)CCCN6CCC5)cc1. The van der Waals surface area contributed by atoms with Crippen LogP contribution in [-0.4, -0.2) is 39.6 Å². The quantitative estimate of drug-likeness (QED) is 0.164. The number of hydrogen-bond donors (Lipinski definition) is 0. The molecule has 68 heavy (non-hydrogen) atoms. The highest BCUT2D eigenvalue weighted by Crippen LogP contribution is 2.56. The molecule has 0 spiro atoms. The monoisotopic (exact) mass is 877 g/mol. The Morgan fingerprint density at radius 3 is 1.34 bits per heavy atom. The van der Waals surface area contributed by atoms with Gasteiger partial charge < -0.3 is 29.2 Å². The molecular formula is C60H49B2N5O. The van der Waals surface area contributed by atoms with E-state index in [-0.39, 0.29) is 13.4 Å². The van der Waals surface area contributed by atoms with Gasteiger partial charge in [0.15, 0.2) is 0 Å². The van der Waals surface area contributed by atoms with Gasteiger partial charge in [0.1, 0.15) is 11.5 Å². The molecule has 0 saturated heterocycles. The Morgan fingerprint density at radius 1 is 0.353 bits per heavy atom. The van der Waals surface area contributed by atoms with Crippen LogP contribution < -0.4 is 62.0 Å². The van der Waals surface area contributed by atoms with E-state index >= 15 is 0 Å². The zero-order valence-electron chi connectivity index (χ0n) is 38.2. The van der Waals surface area contributed by atoms with Crippen LogP contribution in [0.4, 0.5) is 62.6 Å². The van der Waals surface area contributed by atoms with E-state index in [0.717, 1.165) is 82.6 Å². The molecule has 8 aromatic carbocycles. The Balaban J connectivity index is 1.07. The van der Waals surface area contributed by atoms with Crippen LogP contribution in [0, 0.1) is 0 Å². The lowest BCUT2D eigenvalue weighted by molar-refractivity contribution is 0.475. The molecule has 0 N–H and O–H groups in total. The third-order valence-corrected chi connectivity index (χ3v) is 16.8. The lowest BCUT2D eigenvalue weighted by Crippen LogP contribution is -2.65. The number of para-hydroxylation sites is 5. The smallest absolute Gasteiger partial charge is 0.256 e. The van der Waals surface area contributed by atoms with Crippen molar-refractivity contribution in [2.45, 2.75) is 51.4 Å². The Hall–Kier alpha value is -7.31. The second kappa shape index (κ2) is 14.1. The highest BCUT2D eigenvalue weighted by Gasteiger charge is 2.51. The van der Waals surface area contributed by atoms with E-state index in [2.05, 4.69) is 176 Å². The molecule has 8 heteroatoms. The molecule has 6 nitrogen and oxygen atoms in total. The fraction of sp³-hybridized carbons (Fsp3) is 0.200. The fourth-order valence-electron chi connectivity index (χ4n) is 14.4. The second-order valence-electron chi connectivity index (χ2n) is 20.2. The van der Waals surface area contributed by atoms with Crippen molar-refractivity contribution in [1.29, 1.82) is 0 Å². The van der Waals surface area contributed by atoms with Crippen LogP contribution in [0.1, 0.15) is 47.9 Å². The normalized spacial score (nSPS) is 17.2. The molecule has 326 valence electrons. The summed E-state index contributed by atoms with van der Waals surface area (Å²) in [5.41, 5.74) is 28.7. The van der Waals surface area contributed by atoms with Crippen molar-refractivity contribution < 1.29 is 4.74 Å². The van der Waals surface area contributed by atoms with E-state index in [4.69, 9.17) is 4.74 Å². The number of benzene rings is 8. The van der Waals surface area contributed by atoms with Crippen LogP contribution in [0.3, 0.4) is 0 Å². The molecule has 0 amide bonds. The Labute approximate surface area is 399 Å². The lowest BCUT2D eigenvalue weighted by Gasteiger charge is -2.50. The zero-order chi connectivity index (χ0) is 44.2. The number of fused-ring (bicyclic) bond motifs is 12. The van der Waals surface area contributed by atoms with Crippen molar-refractivity contribution in [3.63, 3.8) is 0 Å². The van der Waals surface area contributed by atoms with E-state index in [0.29, 0.717) is 0 Å². The van der Waals surface area contributed by atoms with Crippen molar-refractivity contribution in [1.82, 2.24) is 0 Å². The van der Waals surface area contributed by atoms with Gasteiger partial charge in [-0.3, -0.25) is 0 Å². The van der Waals surface area contributed by atoms with E-state index in [1.54, 1.807) is 0 Å². The first-order chi connectivity index (χ1) is 33.8. The number of anilines is 11. The summed E-state index contributed by atoms with van der Waals surface area (Å²) in [6.07, 6.45) is 8.91. The van der Waals surface area contributed by atoms with Gasteiger partial charge in [0, 0.05) is 88.6 Å². The van der Waals surface area contributed by atoms with Gasteiger partial charge in [0.2, 0.25) is 0 Å². The van der Waals surface area contributed by atoms with Gasteiger partial charge >= 0.3 is 0 Å². The first-order valence-corrected chi connectivity index (χ1v) is 25.3. The number of hydrogen-bond acceptors (Lipinski definition) is 6. The van der Waals surface area contributed by atoms with E-state index < -0.39 is 0 Å². The van der Waals surface area contributed by atoms with Crippen molar-refractivity contribution in [2.75, 3.05) is 50.7 Å². The van der Waals surface area contributed by atoms with Crippen LogP contribution in [0.15, 0.2) is 152 Å². The topological polar surface area (TPSA) is 25.4 Å². The second-order valence-corrected chi connectivity index (χ2v) is 20.2. The summed E-state index contributed by atoms with van der Waals surface area (Å²) < 4.78 is 7.32. The molecule has 0 fully saturated rings. The van der Waals surface area contributed by atoms with Crippen LogP contribution in [0.5, 0.6) is 11.5 Å². The Morgan fingerprint density at radius 2 is 0.779 bits per heavy atom. The molecule has 0 atom stereocenters. The van der Waals surface area contributed by atoms with Crippen LogP contribution in [0.25, 0.3) is 0 Å². The minimum absolute atomic E-state index is 0.00741. The van der Waals surface area contributed by atoms with Gasteiger partial charge in [-0.05, 0) is 155 Å². The van der Waals surface area contributed by atoms with Crippen molar-refractivity contribution in [3.05, 3.63) is 174 Å². The molecule has 8 aromatic rings. The number of rotatable bonds is 3. The van der Waals surface area contributed by atoms with Crippen molar-refractivity contribution >= 4 is 109 Å². The molecule has 0 saturated carbocycles. The van der Waals surface area contributed by atoms with Gasteiger partial charge in [0.25, 0.3) is 13.4 Å². The van der Waals surface area contributed by atoms with Crippen LogP contribution in [0.2, 0.25) is 0 Å². The maximum atomic E-state index is 7.32. The van der Waals surface area contributed by atoms with Gasteiger partial charge in [-0.1, -0.05) is 97.1 Å². The van der Waals surface area contributed by atoms with Gasteiger partial charge in [-0.25, -0.2) is 0 Å². The molecule has 0 aromatic heterocycles. The maximum Gasteiger partial charge on any atom is 0.256 e. The third-order valence-electron chi connectivity index (χ3n) is 16.8. The molecule has 0 bridgehead atoms. The minimum Gasteiger partial charge on any atom is -0.458 e. The molecule has 0 unspecified atom stereocenters. The Bertz CT molecular complexity index is 3450. The molecule has 8 heterocycles. The minimum atomic E-state index is 0.00741. The molecule has 16 rings (SSSR count). The van der Waals surface area contributed by atoms with E-state index in [9.17, 15) is 0 Å².